The van der Waals surface area contributed by atoms with Gasteiger partial charge < -0.3 is 9.68 Å². The van der Waals surface area contributed by atoms with Gasteiger partial charge in [0.15, 0.2) is 0 Å². The van der Waals surface area contributed by atoms with Crippen molar-refractivity contribution in [2.24, 2.45) is 23.7 Å². The van der Waals surface area contributed by atoms with Crippen LogP contribution < -0.4 is 4.65 Å². The zero-order chi connectivity index (χ0) is 32.3. The normalized spacial score (nSPS) is 24.5. The molecule has 1 spiro atoms. The van der Waals surface area contributed by atoms with Gasteiger partial charge in [-0.05, 0) is 128 Å². The molecule has 7 aromatic rings. The predicted octanol–water partition coefficient (Wildman–Crippen LogP) is 11.1. The Morgan fingerprint density at radius 2 is 1.10 bits per heavy atom. The van der Waals surface area contributed by atoms with Gasteiger partial charge in [-0.15, -0.1) is 0 Å². The molecule has 1 N–H and O–H groups in total. The molecule has 5 aliphatic rings. The monoisotopic (exact) mass is 631 g/mol. The van der Waals surface area contributed by atoms with Gasteiger partial charge in [-0.2, -0.15) is 0 Å². The fourth-order valence-corrected chi connectivity index (χ4v) is 11.6. The molecule has 1 radical (unpaired) electrons. The van der Waals surface area contributed by atoms with Crippen molar-refractivity contribution in [3.63, 3.8) is 0 Å². The first-order valence-electron chi connectivity index (χ1n) is 18.1. The summed E-state index contributed by atoms with van der Waals surface area (Å²) >= 11 is 0. The summed E-state index contributed by atoms with van der Waals surface area (Å²) in [5, 5.41) is 16.6. The molecule has 0 saturated heterocycles. The average molecular weight is 632 g/mol. The van der Waals surface area contributed by atoms with Gasteiger partial charge in [0, 0.05) is 16.2 Å². The Morgan fingerprint density at radius 3 is 1.76 bits per heavy atom. The first-order chi connectivity index (χ1) is 24.2. The van der Waals surface area contributed by atoms with Crippen LogP contribution in [0.3, 0.4) is 0 Å². The molecule has 0 unspecified atom stereocenters. The number of hydrogen-bond acceptors (Lipinski definition) is 2. The Labute approximate surface area is 287 Å². The SMILES string of the molecule is O[B]Oc1c2ccccc2c(-c2ccc(-c3ccc4c(c3)-c3ccc5ccccc5c3C43C4CC5CC(C4)CC3C5)cc2)c2ccccc12. The second-order valence-corrected chi connectivity index (χ2v) is 15.2. The molecule has 4 saturated carbocycles. The van der Waals surface area contributed by atoms with E-state index >= 15 is 0 Å². The maximum absolute atomic E-state index is 9.60. The lowest BCUT2D eigenvalue weighted by atomic mass is 9.43. The molecule has 0 amide bonds. The maximum Gasteiger partial charge on any atom is 0.569 e. The van der Waals surface area contributed by atoms with Gasteiger partial charge in [0.2, 0.25) is 0 Å². The van der Waals surface area contributed by atoms with Crippen LogP contribution in [0.25, 0.3) is 65.7 Å². The van der Waals surface area contributed by atoms with Crippen LogP contribution in [0, 0.1) is 23.7 Å². The zero-order valence-electron chi connectivity index (χ0n) is 27.4. The minimum atomic E-state index is 0.146. The summed E-state index contributed by atoms with van der Waals surface area (Å²) in [6, 6.07) is 47.2. The smallest absolute Gasteiger partial charge is 0.537 e. The molecule has 12 rings (SSSR count). The van der Waals surface area contributed by atoms with Crippen LogP contribution in [0.2, 0.25) is 0 Å². The second-order valence-electron chi connectivity index (χ2n) is 15.2. The van der Waals surface area contributed by atoms with Gasteiger partial charge >= 0.3 is 7.69 Å². The highest BCUT2D eigenvalue weighted by atomic mass is 16.5. The van der Waals surface area contributed by atoms with Crippen molar-refractivity contribution in [2.45, 2.75) is 37.5 Å². The molecule has 7 aromatic carbocycles. The number of hydrogen-bond donors (Lipinski definition) is 1. The van der Waals surface area contributed by atoms with Gasteiger partial charge in [0.25, 0.3) is 0 Å². The Hall–Kier alpha value is -4.86. The van der Waals surface area contributed by atoms with E-state index in [1.54, 1.807) is 11.1 Å². The molecule has 0 aliphatic heterocycles. The third-order valence-corrected chi connectivity index (χ3v) is 13.1. The van der Waals surface area contributed by atoms with Gasteiger partial charge in [0.05, 0.1) is 0 Å². The highest BCUT2D eigenvalue weighted by Crippen LogP contribution is 2.70. The first kappa shape index (κ1) is 28.0. The fraction of sp³-hybridized carbons (Fsp3) is 0.217. The number of rotatable bonds is 4. The standard InChI is InChI=1S/C46H36BO2/c48-47-49-45-39-11-5-3-9-36(39)43(37-10-4-6-12-40(37)45)31-15-13-29(14-16-31)32-18-20-42-41(26-32)38-19-17-30-7-1-2-8-35(30)44(38)46(42)33-22-27-21-28(24-33)25-34(46)23-27/h1-20,26-28,33-34,48H,21-25H2. The molecule has 4 fully saturated rings. The van der Waals surface area contributed by atoms with E-state index in [4.69, 9.17) is 4.65 Å². The van der Waals surface area contributed by atoms with Crippen LogP contribution in [0.1, 0.15) is 43.2 Å². The topological polar surface area (TPSA) is 29.5 Å². The number of benzene rings is 7. The Bertz CT molecular complexity index is 2390. The van der Waals surface area contributed by atoms with Gasteiger partial charge in [-0.1, -0.05) is 121 Å². The molecule has 49 heavy (non-hydrogen) atoms. The fourth-order valence-electron chi connectivity index (χ4n) is 11.6. The third kappa shape index (κ3) is 3.77. The molecule has 0 atom stereocenters. The summed E-state index contributed by atoms with van der Waals surface area (Å²) in [6.07, 6.45) is 7.05. The van der Waals surface area contributed by atoms with E-state index in [-0.39, 0.29) is 5.41 Å². The zero-order valence-corrected chi connectivity index (χ0v) is 27.4. The van der Waals surface area contributed by atoms with Gasteiger partial charge in [-0.25, -0.2) is 0 Å². The van der Waals surface area contributed by atoms with E-state index in [9.17, 15) is 5.02 Å². The van der Waals surface area contributed by atoms with Crippen molar-refractivity contribution < 1.29 is 9.68 Å². The van der Waals surface area contributed by atoms with Crippen molar-refractivity contribution in [3.05, 3.63) is 139 Å². The van der Waals surface area contributed by atoms with E-state index < -0.39 is 0 Å². The quantitative estimate of drug-likeness (QED) is 0.155. The van der Waals surface area contributed by atoms with E-state index in [1.165, 1.54) is 76.3 Å². The largest absolute Gasteiger partial charge is 0.569 e. The highest BCUT2D eigenvalue weighted by molar-refractivity contribution is 6.22. The van der Waals surface area contributed by atoms with Gasteiger partial charge in [-0.3, -0.25) is 0 Å². The van der Waals surface area contributed by atoms with E-state index in [0.29, 0.717) is 5.75 Å². The first-order valence-corrected chi connectivity index (χ1v) is 18.1. The van der Waals surface area contributed by atoms with Crippen molar-refractivity contribution >= 4 is 40.0 Å². The molecule has 3 heteroatoms. The summed E-state index contributed by atoms with van der Waals surface area (Å²) in [5.74, 6) is 4.03. The minimum absolute atomic E-state index is 0.146. The molecule has 0 heterocycles. The molecule has 235 valence electrons. The van der Waals surface area contributed by atoms with Crippen molar-refractivity contribution in [1.29, 1.82) is 0 Å². The summed E-state index contributed by atoms with van der Waals surface area (Å²) in [6.45, 7) is 0. The minimum Gasteiger partial charge on any atom is -0.537 e. The lowest BCUT2D eigenvalue weighted by molar-refractivity contribution is -0.0393. The van der Waals surface area contributed by atoms with Crippen molar-refractivity contribution in [3.8, 4) is 39.1 Å². The van der Waals surface area contributed by atoms with E-state index in [1.807, 2.05) is 12.1 Å². The highest BCUT2D eigenvalue weighted by Gasteiger charge is 2.62. The maximum atomic E-state index is 9.60. The average Bonchev–Trinajstić information content (AvgIpc) is 3.44. The second kappa shape index (κ2) is 10.3. The van der Waals surface area contributed by atoms with Crippen LogP contribution in [-0.2, 0) is 5.41 Å². The molecular weight excluding hydrogens is 595 g/mol. The van der Waals surface area contributed by atoms with Crippen LogP contribution in [0.5, 0.6) is 5.75 Å². The summed E-state index contributed by atoms with van der Waals surface area (Å²) in [5.41, 5.74) is 11.2. The van der Waals surface area contributed by atoms with Crippen molar-refractivity contribution in [1.82, 2.24) is 0 Å². The molecule has 5 aliphatic carbocycles. The molecular formula is C46H36BO2. The predicted molar refractivity (Wildman–Crippen MR) is 202 cm³/mol. The summed E-state index contributed by atoms with van der Waals surface area (Å²) in [7, 11) is 0.783. The van der Waals surface area contributed by atoms with Crippen LogP contribution in [-0.4, -0.2) is 12.7 Å². The molecule has 0 aromatic heterocycles. The van der Waals surface area contributed by atoms with Crippen LogP contribution >= 0.6 is 0 Å². The van der Waals surface area contributed by atoms with Crippen LogP contribution in [0.15, 0.2) is 127 Å². The third-order valence-electron chi connectivity index (χ3n) is 13.1. The summed E-state index contributed by atoms with van der Waals surface area (Å²) < 4.78 is 5.69. The lowest BCUT2D eigenvalue weighted by Crippen LogP contribution is -2.55. The number of fused-ring (bicyclic) bond motifs is 7. The lowest BCUT2D eigenvalue weighted by Gasteiger charge is -2.61. The van der Waals surface area contributed by atoms with E-state index in [0.717, 1.165) is 52.9 Å². The Morgan fingerprint density at radius 1 is 0.531 bits per heavy atom. The molecule has 4 bridgehead atoms. The Kier molecular flexibility index (Phi) is 5.91. The van der Waals surface area contributed by atoms with Crippen molar-refractivity contribution in [2.75, 3.05) is 0 Å². The Balaban J connectivity index is 1.07. The van der Waals surface area contributed by atoms with E-state index in [2.05, 4.69) is 115 Å². The summed E-state index contributed by atoms with van der Waals surface area (Å²) in [4.78, 5) is 0. The molecule has 2 nitrogen and oxygen atoms in total. The van der Waals surface area contributed by atoms with Gasteiger partial charge in [0.1, 0.15) is 5.75 Å². The van der Waals surface area contributed by atoms with Crippen LogP contribution in [0.4, 0.5) is 0 Å².